The van der Waals surface area contributed by atoms with Crippen LogP contribution in [-0.2, 0) is 12.8 Å². The number of hydrogen-bond donors (Lipinski definition) is 1. The highest BCUT2D eigenvalue weighted by Crippen LogP contribution is 2.18. The van der Waals surface area contributed by atoms with Gasteiger partial charge in [0, 0.05) is 17.8 Å². The standard InChI is InChI=1S/C15H18ClFN2S/c1-3-18-12(8-13-9-20-10(2)19-13)6-11-4-5-15(17)14(16)7-11/h4-5,7,9,12,18H,3,6,8H2,1-2H3. The highest BCUT2D eigenvalue weighted by atomic mass is 35.5. The first-order valence-electron chi connectivity index (χ1n) is 6.66. The molecule has 1 N–H and O–H groups in total. The van der Waals surface area contributed by atoms with Crippen molar-refractivity contribution in [1.29, 1.82) is 0 Å². The molecule has 2 rings (SSSR count). The van der Waals surface area contributed by atoms with E-state index in [0.29, 0.717) is 0 Å². The van der Waals surface area contributed by atoms with Crippen molar-refractivity contribution in [3.8, 4) is 0 Å². The first kappa shape index (κ1) is 15.4. The molecule has 0 saturated carbocycles. The Bertz CT molecular complexity index is 571. The van der Waals surface area contributed by atoms with Crippen molar-refractivity contribution in [2.45, 2.75) is 32.7 Å². The zero-order valence-electron chi connectivity index (χ0n) is 11.6. The SMILES string of the molecule is CCNC(Cc1ccc(F)c(Cl)c1)Cc1csc(C)n1. The van der Waals surface area contributed by atoms with E-state index in [1.54, 1.807) is 23.5 Å². The number of benzene rings is 1. The molecule has 2 aromatic rings. The summed E-state index contributed by atoms with van der Waals surface area (Å²) in [5.74, 6) is -0.370. The van der Waals surface area contributed by atoms with Gasteiger partial charge in [-0.05, 0) is 37.6 Å². The zero-order valence-corrected chi connectivity index (χ0v) is 13.2. The quantitative estimate of drug-likeness (QED) is 0.872. The van der Waals surface area contributed by atoms with Gasteiger partial charge in [0.1, 0.15) is 5.82 Å². The Balaban J connectivity index is 2.06. The normalized spacial score (nSPS) is 12.6. The third kappa shape index (κ3) is 4.27. The van der Waals surface area contributed by atoms with Crippen molar-refractivity contribution in [1.82, 2.24) is 10.3 Å². The lowest BCUT2D eigenvalue weighted by Gasteiger charge is -2.17. The van der Waals surface area contributed by atoms with Crippen molar-refractivity contribution < 1.29 is 4.39 Å². The summed E-state index contributed by atoms with van der Waals surface area (Å²) in [6.45, 7) is 4.98. The molecule has 108 valence electrons. The fourth-order valence-electron chi connectivity index (χ4n) is 2.21. The van der Waals surface area contributed by atoms with Gasteiger partial charge in [-0.25, -0.2) is 9.37 Å². The van der Waals surface area contributed by atoms with Crippen LogP contribution in [0, 0.1) is 12.7 Å². The maximum atomic E-state index is 13.2. The number of hydrogen-bond acceptors (Lipinski definition) is 3. The molecule has 0 fully saturated rings. The van der Waals surface area contributed by atoms with Gasteiger partial charge in [-0.1, -0.05) is 24.6 Å². The van der Waals surface area contributed by atoms with Crippen LogP contribution in [0.5, 0.6) is 0 Å². The Labute approximate surface area is 128 Å². The lowest BCUT2D eigenvalue weighted by Crippen LogP contribution is -2.33. The average molecular weight is 313 g/mol. The summed E-state index contributed by atoms with van der Waals surface area (Å²) < 4.78 is 13.2. The molecule has 20 heavy (non-hydrogen) atoms. The predicted molar refractivity (Wildman–Crippen MR) is 83.1 cm³/mol. The highest BCUT2D eigenvalue weighted by Gasteiger charge is 2.12. The van der Waals surface area contributed by atoms with Gasteiger partial charge in [0.05, 0.1) is 15.7 Å². The Morgan fingerprint density at radius 1 is 1.40 bits per heavy atom. The molecule has 2 nitrogen and oxygen atoms in total. The minimum Gasteiger partial charge on any atom is -0.314 e. The Kier molecular flexibility index (Phi) is 5.52. The molecular weight excluding hydrogens is 295 g/mol. The van der Waals surface area contributed by atoms with E-state index in [1.165, 1.54) is 6.07 Å². The fraction of sp³-hybridized carbons (Fsp3) is 0.400. The largest absolute Gasteiger partial charge is 0.314 e. The van der Waals surface area contributed by atoms with Crippen LogP contribution >= 0.6 is 22.9 Å². The van der Waals surface area contributed by atoms with Gasteiger partial charge >= 0.3 is 0 Å². The summed E-state index contributed by atoms with van der Waals surface area (Å²) in [6.07, 6.45) is 1.68. The highest BCUT2D eigenvalue weighted by molar-refractivity contribution is 7.09. The summed E-state index contributed by atoms with van der Waals surface area (Å²) in [4.78, 5) is 4.50. The molecule has 1 aromatic heterocycles. The van der Waals surface area contributed by atoms with E-state index in [4.69, 9.17) is 11.6 Å². The van der Waals surface area contributed by atoms with Gasteiger partial charge in [0.15, 0.2) is 0 Å². The number of rotatable bonds is 6. The zero-order chi connectivity index (χ0) is 14.5. The Morgan fingerprint density at radius 2 is 2.20 bits per heavy atom. The van der Waals surface area contributed by atoms with Crippen molar-refractivity contribution in [2.24, 2.45) is 0 Å². The van der Waals surface area contributed by atoms with Crippen LogP contribution in [0.1, 0.15) is 23.2 Å². The van der Waals surface area contributed by atoms with Gasteiger partial charge in [-0.15, -0.1) is 11.3 Å². The van der Waals surface area contributed by atoms with Crippen molar-refractivity contribution >= 4 is 22.9 Å². The van der Waals surface area contributed by atoms with E-state index in [2.05, 4.69) is 22.6 Å². The number of thiazole rings is 1. The molecule has 1 atom stereocenters. The van der Waals surface area contributed by atoms with Crippen LogP contribution in [0.2, 0.25) is 5.02 Å². The lowest BCUT2D eigenvalue weighted by molar-refractivity contribution is 0.516. The van der Waals surface area contributed by atoms with Crippen LogP contribution in [0.15, 0.2) is 23.6 Å². The maximum absolute atomic E-state index is 13.2. The maximum Gasteiger partial charge on any atom is 0.141 e. The third-order valence-corrected chi connectivity index (χ3v) is 4.19. The first-order valence-corrected chi connectivity index (χ1v) is 7.92. The molecule has 5 heteroatoms. The Morgan fingerprint density at radius 3 is 2.80 bits per heavy atom. The molecule has 0 aliphatic rings. The second-order valence-electron chi connectivity index (χ2n) is 4.77. The molecule has 0 bridgehead atoms. The van der Waals surface area contributed by atoms with Crippen LogP contribution in [0.3, 0.4) is 0 Å². The number of nitrogens with one attached hydrogen (secondary N) is 1. The molecule has 0 aliphatic carbocycles. The van der Waals surface area contributed by atoms with Gasteiger partial charge in [-0.3, -0.25) is 0 Å². The topological polar surface area (TPSA) is 24.9 Å². The van der Waals surface area contributed by atoms with E-state index < -0.39 is 0 Å². The number of likely N-dealkylation sites (N-methyl/N-ethyl adjacent to an activating group) is 1. The second kappa shape index (κ2) is 7.16. The monoisotopic (exact) mass is 312 g/mol. The van der Waals surface area contributed by atoms with Gasteiger partial charge < -0.3 is 5.32 Å². The fourth-order valence-corrected chi connectivity index (χ4v) is 3.04. The summed E-state index contributed by atoms with van der Waals surface area (Å²) in [7, 11) is 0. The first-order chi connectivity index (χ1) is 9.58. The van der Waals surface area contributed by atoms with Gasteiger partial charge in [-0.2, -0.15) is 0 Å². The Hall–Kier alpha value is -0.970. The molecule has 0 radical (unpaired) electrons. The molecular formula is C15H18ClFN2S. The molecule has 1 heterocycles. The van der Waals surface area contributed by atoms with E-state index in [9.17, 15) is 4.39 Å². The van der Waals surface area contributed by atoms with Crippen molar-refractivity contribution in [3.05, 3.63) is 50.7 Å². The van der Waals surface area contributed by atoms with Crippen molar-refractivity contribution in [2.75, 3.05) is 6.54 Å². The smallest absolute Gasteiger partial charge is 0.141 e. The number of nitrogens with zero attached hydrogens (tertiary/aromatic N) is 1. The summed E-state index contributed by atoms with van der Waals surface area (Å²) in [5.41, 5.74) is 2.14. The van der Waals surface area contributed by atoms with Gasteiger partial charge in [0.25, 0.3) is 0 Å². The molecule has 1 unspecified atom stereocenters. The van der Waals surface area contributed by atoms with E-state index >= 15 is 0 Å². The minimum atomic E-state index is -0.370. The van der Waals surface area contributed by atoms with Crippen LogP contribution in [-0.4, -0.2) is 17.6 Å². The van der Waals surface area contributed by atoms with Gasteiger partial charge in [0.2, 0.25) is 0 Å². The van der Waals surface area contributed by atoms with E-state index in [1.807, 2.05) is 6.92 Å². The van der Waals surface area contributed by atoms with Crippen LogP contribution in [0.4, 0.5) is 4.39 Å². The predicted octanol–water partition coefficient (Wildman–Crippen LogP) is 4.01. The molecule has 1 aromatic carbocycles. The summed E-state index contributed by atoms with van der Waals surface area (Å²) in [6, 6.07) is 5.20. The summed E-state index contributed by atoms with van der Waals surface area (Å²) >= 11 is 7.50. The summed E-state index contributed by atoms with van der Waals surface area (Å²) in [5, 5.41) is 6.81. The number of halogens is 2. The lowest BCUT2D eigenvalue weighted by atomic mass is 10.0. The second-order valence-corrected chi connectivity index (χ2v) is 6.24. The average Bonchev–Trinajstić information content (AvgIpc) is 2.80. The molecule has 0 aliphatic heterocycles. The van der Waals surface area contributed by atoms with E-state index in [-0.39, 0.29) is 16.9 Å². The molecule has 0 saturated heterocycles. The number of aryl methyl sites for hydroxylation is 1. The molecule has 0 spiro atoms. The number of aromatic nitrogens is 1. The minimum absolute atomic E-state index is 0.183. The van der Waals surface area contributed by atoms with E-state index in [0.717, 1.165) is 35.7 Å². The molecule has 0 amide bonds. The van der Waals surface area contributed by atoms with Crippen LogP contribution < -0.4 is 5.32 Å². The third-order valence-electron chi connectivity index (χ3n) is 3.08. The van der Waals surface area contributed by atoms with Crippen molar-refractivity contribution in [3.63, 3.8) is 0 Å². The van der Waals surface area contributed by atoms with Crippen LogP contribution in [0.25, 0.3) is 0 Å².